The van der Waals surface area contributed by atoms with Crippen LogP contribution in [0.1, 0.15) is 63.6 Å². The van der Waals surface area contributed by atoms with Crippen molar-refractivity contribution in [2.45, 2.75) is 64.2 Å². The summed E-state index contributed by atoms with van der Waals surface area (Å²) in [4.78, 5) is 10.3. The number of ether oxygens (including phenoxy) is 3. The summed E-state index contributed by atoms with van der Waals surface area (Å²) in [5, 5.41) is 23.4. The fraction of sp³-hybridized carbons (Fsp3) is 0.542. The minimum atomic E-state index is -0.866. The number of unbranched alkanes of at least 4 members (excludes halogenated alkanes) is 3. The van der Waals surface area contributed by atoms with Crippen LogP contribution in [-0.4, -0.2) is 42.6 Å². The standard InChI is InChI=1S/C24H32N2O5/c1-4-5-6-7-13-30-19(17-29-12-8-11-27)16-26-22-20-14-18(15-25)9-10-21(20)31-24(2,3)23(22)28/h8-10,14,16,22-23,26,28H,4-7,12-13,17H2,1-3H3/t22-,23+/m1/s1. The average molecular weight is 429 g/mol. The molecule has 1 aromatic rings. The highest BCUT2D eigenvalue weighted by atomic mass is 16.5. The second-order valence-corrected chi connectivity index (χ2v) is 8.02. The lowest BCUT2D eigenvalue weighted by Crippen LogP contribution is -2.51. The van der Waals surface area contributed by atoms with Gasteiger partial charge in [-0.3, -0.25) is 0 Å². The van der Waals surface area contributed by atoms with Gasteiger partial charge in [-0.25, -0.2) is 4.79 Å². The molecule has 7 heteroatoms. The molecule has 0 bridgehead atoms. The Morgan fingerprint density at radius 3 is 2.87 bits per heavy atom. The topological polar surface area (TPSA) is 101 Å². The second kappa shape index (κ2) is 12.2. The summed E-state index contributed by atoms with van der Waals surface area (Å²) in [6.07, 6.45) is 6.40. The maximum Gasteiger partial charge on any atom is 0.137 e. The highest BCUT2D eigenvalue weighted by Crippen LogP contribution is 2.40. The van der Waals surface area contributed by atoms with Crippen LogP contribution in [0.3, 0.4) is 0 Å². The van der Waals surface area contributed by atoms with E-state index < -0.39 is 17.7 Å². The van der Waals surface area contributed by atoms with Crippen LogP contribution >= 0.6 is 0 Å². The maximum atomic E-state index is 10.9. The monoisotopic (exact) mass is 428 g/mol. The van der Waals surface area contributed by atoms with E-state index in [0.717, 1.165) is 25.7 Å². The van der Waals surface area contributed by atoms with Crippen molar-refractivity contribution >= 4 is 5.94 Å². The number of hydrogen-bond donors (Lipinski definition) is 2. The van der Waals surface area contributed by atoms with Crippen molar-refractivity contribution in [2.24, 2.45) is 0 Å². The Hall–Kier alpha value is -2.78. The van der Waals surface area contributed by atoms with Gasteiger partial charge in [0.05, 0.1) is 30.9 Å². The minimum Gasteiger partial charge on any atom is -0.494 e. The van der Waals surface area contributed by atoms with Gasteiger partial charge in [0.2, 0.25) is 0 Å². The van der Waals surface area contributed by atoms with E-state index in [4.69, 9.17) is 14.2 Å². The molecule has 2 rings (SSSR count). The summed E-state index contributed by atoms with van der Waals surface area (Å²) < 4.78 is 17.3. The molecule has 0 saturated carbocycles. The van der Waals surface area contributed by atoms with E-state index in [-0.39, 0.29) is 13.2 Å². The number of nitrogens with one attached hydrogen (secondary N) is 1. The van der Waals surface area contributed by atoms with Gasteiger partial charge in [-0.1, -0.05) is 26.2 Å². The van der Waals surface area contributed by atoms with Crippen molar-refractivity contribution in [3.8, 4) is 11.8 Å². The first-order valence-electron chi connectivity index (χ1n) is 10.7. The van der Waals surface area contributed by atoms with E-state index >= 15 is 0 Å². The van der Waals surface area contributed by atoms with E-state index in [1.54, 1.807) is 30.3 Å². The molecule has 1 aliphatic rings. The summed E-state index contributed by atoms with van der Waals surface area (Å²) in [5.74, 6) is 2.86. The SMILES string of the molecule is CCCCCCOC(=CN[C@@H]1c2cc(C#N)ccc2OC(C)(C)[C@H]1O)COCC=C=O. The van der Waals surface area contributed by atoms with Gasteiger partial charge in [-0.05, 0) is 38.5 Å². The largest absolute Gasteiger partial charge is 0.494 e. The van der Waals surface area contributed by atoms with Crippen LogP contribution in [0.15, 0.2) is 36.2 Å². The molecule has 0 fully saturated rings. The zero-order valence-corrected chi connectivity index (χ0v) is 18.5. The van der Waals surface area contributed by atoms with E-state index in [9.17, 15) is 15.2 Å². The number of nitriles is 1. The average Bonchev–Trinajstić information content (AvgIpc) is 2.75. The van der Waals surface area contributed by atoms with E-state index in [1.807, 2.05) is 13.8 Å². The van der Waals surface area contributed by atoms with Gasteiger partial charge in [0, 0.05) is 17.8 Å². The maximum absolute atomic E-state index is 10.9. The van der Waals surface area contributed by atoms with Crippen LogP contribution in [0.4, 0.5) is 0 Å². The fourth-order valence-electron chi connectivity index (χ4n) is 3.34. The van der Waals surface area contributed by atoms with Gasteiger partial charge in [-0.15, -0.1) is 0 Å². The molecule has 2 N–H and O–H groups in total. The normalized spacial score (nSPS) is 19.4. The lowest BCUT2D eigenvalue weighted by atomic mass is 9.86. The van der Waals surface area contributed by atoms with Crippen molar-refractivity contribution in [1.29, 1.82) is 5.26 Å². The van der Waals surface area contributed by atoms with Crippen LogP contribution in [0.5, 0.6) is 5.75 Å². The van der Waals surface area contributed by atoms with Gasteiger partial charge < -0.3 is 24.6 Å². The number of benzene rings is 1. The molecule has 2 atom stereocenters. The van der Waals surface area contributed by atoms with Crippen molar-refractivity contribution in [3.05, 3.63) is 47.4 Å². The predicted molar refractivity (Wildman–Crippen MR) is 117 cm³/mol. The van der Waals surface area contributed by atoms with Crippen molar-refractivity contribution in [1.82, 2.24) is 5.32 Å². The number of aliphatic hydroxyl groups excluding tert-OH is 1. The molecule has 1 aliphatic heterocycles. The van der Waals surface area contributed by atoms with Crippen LogP contribution in [0.2, 0.25) is 0 Å². The van der Waals surface area contributed by atoms with E-state index in [1.165, 1.54) is 6.08 Å². The second-order valence-electron chi connectivity index (χ2n) is 8.02. The first-order valence-corrected chi connectivity index (χ1v) is 10.7. The number of rotatable bonds is 12. The van der Waals surface area contributed by atoms with Crippen LogP contribution in [0.25, 0.3) is 0 Å². The fourth-order valence-corrected chi connectivity index (χ4v) is 3.34. The number of hydrogen-bond acceptors (Lipinski definition) is 7. The molecule has 1 heterocycles. The van der Waals surface area contributed by atoms with Crippen LogP contribution in [-0.2, 0) is 14.3 Å². The molecular formula is C24H32N2O5. The lowest BCUT2D eigenvalue weighted by molar-refractivity contribution is -0.0623. The zero-order valence-electron chi connectivity index (χ0n) is 18.5. The Morgan fingerprint density at radius 1 is 1.35 bits per heavy atom. The number of fused-ring (bicyclic) bond motifs is 1. The third-order valence-corrected chi connectivity index (χ3v) is 5.11. The Bertz CT molecular complexity index is 837. The number of aliphatic hydroxyl groups is 1. The van der Waals surface area contributed by atoms with Gasteiger partial charge >= 0.3 is 0 Å². The molecule has 1 aromatic carbocycles. The molecule has 0 saturated heterocycles. The minimum absolute atomic E-state index is 0.140. The quantitative estimate of drug-likeness (QED) is 0.298. The van der Waals surface area contributed by atoms with Gasteiger partial charge in [0.15, 0.2) is 0 Å². The summed E-state index contributed by atoms with van der Waals surface area (Å²) >= 11 is 0. The third-order valence-electron chi connectivity index (χ3n) is 5.11. The van der Waals surface area contributed by atoms with Crippen LogP contribution < -0.4 is 10.1 Å². The zero-order chi connectivity index (χ0) is 22.7. The lowest BCUT2D eigenvalue weighted by Gasteiger charge is -2.42. The number of carbonyl (C=O) groups excluding carboxylic acids is 1. The van der Waals surface area contributed by atoms with Crippen molar-refractivity contribution < 1.29 is 24.1 Å². The highest BCUT2D eigenvalue weighted by molar-refractivity contribution is 5.46. The Kier molecular flexibility index (Phi) is 9.61. The Labute approximate surface area is 184 Å². The molecule has 0 radical (unpaired) electrons. The van der Waals surface area contributed by atoms with Gasteiger partial charge in [0.25, 0.3) is 0 Å². The van der Waals surface area contributed by atoms with Crippen LogP contribution in [0, 0.1) is 11.3 Å². The molecule has 31 heavy (non-hydrogen) atoms. The third kappa shape index (κ3) is 7.15. The predicted octanol–water partition coefficient (Wildman–Crippen LogP) is 3.56. The summed E-state index contributed by atoms with van der Waals surface area (Å²) in [7, 11) is 0. The molecule has 0 aromatic heterocycles. The summed E-state index contributed by atoms with van der Waals surface area (Å²) in [6.45, 7) is 6.65. The van der Waals surface area contributed by atoms with Crippen molar-refractivity contribution in [2.75, 3.05) is 19.8 Å². The Morgan fingerprint density at radius 2 is 2.16 bits per heavy atom. The number of nitrogens with zero attached hydrogens (tertiary/aromatic N) is 1. The molecule has 0 spiro atoms. The van der Waals surface area contributed by atoms with E-state index in [2.05, 4.69) is 18.3 Å². The summed E-state index contributed by atoms with van der Waals surface area (Å²) in [5.41, 5.74) is 0.370. The van der Waals surface area contributed by atoms with E-state index in [0.29, 0.717) is 29.2 Å². The molecule has 0 amide bonds. The molecule has 0 aliphatic carbocycles. The molecule has 0 unspecified atom stereocenters. The van der Waals surface area contributed by atoms with Gasteiger partial charge in [0.1, 0.15) is 35.8 Å². The first-order chi connectivity index (χ1) is 14.9. The molecular weight excluding hydrogens is 396 g/mol. The molecule has 168 valence electrons. The Balaban J connectivity index is 2.18. The summed E-state index contributed by atoms with van der Waals surface area (Å²) in [6, 6.07) is 6.78. The first kappa shape index (κ1) is 24.5. The van der Waals surface area contributed by atoms with Gasteiger partial charge in [-0.2, -0.15) is 5.26 Å². The van der Waals surface area contributed by atoms with Crippen molar-refractivity contribution in [3.63, 3.8) is 0 Å². The smallest absolute Gasteiger partial charge is 0.137 e. The highest BCUT2D eigenvalue weighted by Gasteiger charge is 2.42. The molecule has 7 nitrogen and oxygen atoms in total.